The molecule has 2 heterocycles. The zero-order chi connectivity index (χ0) is 22.8. The Hall–Kier alpha value is -3.45. The van der Waals surface area contributed by atoms with Gasteiger partial charge in [0.05, 0.1) is 17.7 Å². The molecule has 1 aliphatic rings. The zero-order valence-electron chi connectivity index (χ0n) is 17.5. The summed E-state index contributed by atoms with van der Waals surface area (Å²) < 4.78 is 6.42. The van der Waals surface area contributed by atoms with E-state index in [1.807, 2.05) is 19.9 Å². The third kappa shape index (κ3) is 4.16. The van der Waals surface area contributed by atoms with Gasteiger partial charge in [0.1, 0.15) is 11.5 Å². The third-order valence-electron chi connectivity index (χ3n) is 5.03. The van der Waals surface area contributed by atoms with Gasteiger partial charge in [-0.15, -0.1) is 0 Å². The van der Waals surface area contributed by atoms with E-state index in [0.29, 0.717) is 22.6 Å². The Bertz CT molecular complexity index is 1190. The summed E-state index contributed by atoms with van der Waals surface area (Å²) in [5.74, 6) is -1.06. The monoisotopic (exact) mass is 492 g/mol. The van der Waals surface area contributed by atoms with E-state index < -0.39 is 17.7 Å². The molecule has 162 valence electrons. The van der Waals surface area contributed by atoms with Crippen molar-refractivity contribution in [2.24, 2.45) is 0 Å². The summed E-state index contributed by atoms with van der Waals surface area (Å²) in [4.78, 5) is 31.8. The number of hydrogen-bond acceptors (Lipinski definition) is 5. The Labute approximate surface area is 194 Å². The SMILES string of the molecule is CC(C)Oc1ccc(/C(O)=C2\C(=O)C(=O)N(c3cccc(Br)c3)C2c2cccnc2)cc1. The lowest BCUT2D eigenvalue weighted by Gasteiger charge is -2.25. The highest BCUT2D eigenvalue weighted by molar-refractivity contribution is 9.10. The molecule has 1 amide bonds. The van der Waals surface area contributed by atoms with Crippen LogP contribution in [0.25, 0.3) is 5.76 Å². The van der Waals surface area contributed by atoms with E-state index in [-0.39, 0.29) is 17.4 Å². The standard InChI is InChI=1S/C25H21BrN2O4/c1-15(2)32-20-10-8-16(9-11-20)23(29)21-22(17-5-4-12-27-14-17)28(25(31)24(21)30)19-7-3-6-18(26)13-19/h3-15,22,29H,1-2H3/b23-21+. The van der Waals surface area contributed by atoms with Crippen LogP contribution in [0.15, 0.2) is 83.1 Å². The molecule has 6 nitrogen and oxygen atoms in total. The summed E-state index contributed by atoms with van der Waals surface area (Å²) in [6.07, 6.45) is 3.21. The average Bonchev–Trinajstić information content (AvgIpc) is 3.05. The molecular weight excluding hydrogens is 472 g/mol. The lowest BCUT2D eigenvalue weighted by molar-refractivity contribution is -0.132. The summed E-state index contributed by atoms with van der Waals surface area (Å²) in [5.41, 5.74) is 1.59. The van der Waals surface area contributed by atoms with Crippen LogP contribution < -0.4 is 9.64 Å². The lowest BCUT2D eigenvalue weighted by Crippen LogP contribution is -2.29. The summed E-state index contributed by atoms with van der Waals surface area (Å²) in [7, 11) is 0. The minimum absolute atomic E-state index is 0.00977. The number of ketones is 1. The van der Waals surface area contributed by atoms with Crippen LogP contribution in [0.3, 0.4) is 0 Å². The average molecular weight is 493 g/mol. The van der Waals surface area contributed by atoms with Gasteiger partial charge in [0.2, 0.25) is 0 Å². The topological polar surface area (TPSA) is 79.7 Å². The number of anilines is 1. The maximum Gasteiger partial charge on any atom is 0.300 e. The molecule has 7 heteroatoms. The fraction of sp³-hybridized carbons (Fsp3) is 0.160. The number of benzene rings is 2. The van der Waals surface area contributed by atoms with Gasteiger partial charge in [-0.2, -0.15) is 0 Å². The second-order valence-electron chi connectivity index (χ2n) is 7.63. The van der Waals surface area contributed by atoms with Gasteiger partial charge in [-0.05, 0) is 67.9 Å². The maximum atomic E-state index is 13.1. The van der Waals surface area contributed by atoms with Crippen molar-refractivity contribution >= 4 is 39.1 Å². The van der Waals surface area contributed by atoms with Crippen LogP contribution in [-0.2, 0) is 9.59 Å². The highest BCUT2D eigenvalue weighted by Gasteiger charge is 2.47. The fourth-order valence-electron chi connectivity index (χ4n) is 3.70. The van der Waals surface area contributed by atoms with Crippen molar-refractivity contribution in [2.45, 2.75) is 26.0 Å². The molecule has 2 aromatic carbocycles. The summed E-state index contributed by atoms with van der Waals surface area (Å²) in [5, 5.41) is 11.1. The van der Waals surface area contributed by atoms with Gasteiger partial charge in [-0.1, -0.05) is 28.1 Å². The number of Topliss-reactive ketones (excluding diaryl/α,β-unsaturated/α-hetero) is 1. The molecule has 4 rings (SSSR count). The first-order valence-electron chi connectivity index (χ1n) is 10.1. The molecule has 1 aliphatic heterocycles. The number of nitrogens with zero attached hydrogens (tertiary/aromatic N) is 2. The minimum atomic E-state index is -0.815. The van der Waals surface area contributed by atoms with Gasteiger partial charge in [-0.3, -0.25) is 19.5 Å². The molecule has 1 fully saturated rings. The quantitative estimate of drug-likeness (QED) is 0.298. The van der Waals surface area contributed by atoms with Crippen molar-refractivity contribution in [3.05, 3.63) is 94.2 Å². The number of pyridine rings is 1. The smallest absolute Gasteiger partial charge is 0.300 e. The normalized spacial score (nSPS) is 17.8. The van der Waals surface area contributed by atoms with Crippen molar-refractivity contribution in [3.63, 3.8) is 0 Å². The van der Waals surface area contributed by atoms with Gasteiger partial charge in [-0.25, -0.2) is 0 Å². The van der Waals surface area contributed by atoms with Gasteiger partial charge in [0.15, 0.2) is 0 Å². The van der Waals surface area contributed by atoms with E-state index in [1.165, 1.54) is 4.90 Å². The predicted octanol–water partition coefficient (Wildman–Crippen LogP) is 5.26. The minimum Gasteiger partial charge on any atom is -0.507 e. The Kier molecular flexibility index (Phi) is 6.10. The number of carbonyl (C=O) groups excluding carboxylic acids is 2. The third-order valence-corrected chi connectivity index (χ3v) is 5.52. The highest BCUT2D eigenvalue weighted by atomic mass is 79.9. The number of aromatic nitrogens is 1. The van der Waals surface area contributed by atoms with Gasteiger partial charge >= 0.3 is 0 Å². The van der Waals surface area contributed by atoms with Crippen LogP contribution in [-0.4, -0.2) is 27.9 Å². The predicted molar refractivity (Wildman–Crippen MR) is 125 cm³/mol. The van der Waals surface area contributed by atoms with E-state index in [2.05, 4.69) is 20.9 Å². The van der Waals surface area contributed by atoms with E-state index in [1.54, 1.807) is 67.0 Å². The molecule has 1 N–H and O–H groups in total. The molecule has 0 aliphatic carbocycles. The molecule has 0 bridgehead atoms. The second-order valence-corrected chi connectivity index (χ2v) is 8.54. The molecule has 1 saturated heterocycles. The second kappa shape index (κ2) is 8.96. The number of rotatable bonds is 5. The van der Waals surface area contributed by atoms with Crippen molar-refractivity contribution < 1.29 is 19.4 Å². The van der Waals surface area contributed by atoms with Crippen LogP contribution in [0.4, 0.5) is 5.69 Å². The van der Waals surface area contributed by atoms with Crippen molar-refractivity contribution in [2.75, 3.05) is 4.90 Å². The number of hydrogen-bond donors (Lipinski definition) is 1. The molecule has 3 aromatic rings. The Morgan fingerprint density at radius 3 is 2.47 bits per heavy atom. The molecule has 1 aromatic heterocycles. The summed E-state index contributed by atoms with van der Waals surface area (Å²) in [6, 6.07) is 16.6. The first-order valence-corrected chi connectivity index (χ1v) is 10.9. The fourth-order valence-corrected chi connectivity index (χ4v) is 4.08. The molecule has 1 atom stereocenters. The molecular formula is C25H21BrN2O4. The molecule has 1 unspecified atom stereocenters. The van der Waals surface area contributed by atoms with Gasteiger partial charge < -0.3 is 9.84 Å². The van der Waals surface area contributed by atoms with Crippen LogP contribution in [0.1, 0.15) is 31.0 Å². The Balaban J connectivity index is 1.85. The van der Waals surface area contributed by atoms with Crippen LogP contribution in [0, 0.1) is 0 Å². The first kappa shape index (κ1) is 21.8. The number of halogens is 1. The summed E-state index contributed by atoms with van der Waals surface area (Å²) >= 11 is 3.42. The van der Waals surface area contributed by atoms with Crippen molar-refractivity contribution in [1.29, 1.82) is 0 Å². The van der Waals surface area contributed by atoms with Crippen molar-refractivity contribution in [1.82, 2.24) is 4.98 Å². The van der Waals surface area contributed by atoms with E-state index in [0.717, 1.165) is 4.47 Å². The number of aliphatic hydroxyl groups is 1. The number of carbonyl (C=O) groups is 2. The van der Waals surface area contributed by atoms with Gasteiger partial charge in [0, 0.05) is 28.1 Å². The van der Waals surface area contributed by atoms with Crippen LogP contribution in [0.2, 0.25) is 0 Å². The zero-order valence-corrected chi connectivity index (χ0v) is 19.1. The number of amides is 1. The van der Waals surface area contributed by atoms with Gasteiger partial charge in [0.25, 0.3) is 11.7 Å². The molecule has 0 saturated carbocycles. The van der Waals surface area contributed by atoms with E-state index >= 15 is 0 Å². The summed E-state index contributed by atoms with van der Waals surface area (Å²) in [6.45, 7) is 3.84. The lowest BCUT2D eigenvalue weighted by atomic mass is 9.96. The first-order chi connectivity index (χ1) is 15.4. The van der Waals surface area contributed by atoms with E-state index in [9.17, 15) is 14.7 Å². The number of aliphatic hydroxyl groups excluding tert-OH is 1. The molecule has 0 spiro atoms. The molecule has 32 heavy (non-hydrogen) atoms. The highest BCUT2D eigenvalue weighted by Crippen LogP contribution is 2.42. The Morgan fingerprint density at radius 1 is 1.09 bits per heavy atom. The van der Waals surface area contributed by atoms with Crippen LogP contribution in [0.5, 0.6) is 5.75 Å². The van der Waals surface area contributed by atoms with Crippen LogP contribution >= 0.6 is 15.9 Å². The largest absolute Gasteiger partial charge is 0.507 e. The Morgan fingerprint density at radius 2 is 1.84 bits per heavy atom. The van der Waals surface area contributed by atoms with E-state index in [4.69, 9.17) is 4.74 Å². The molecule has 0 radical (unpaired) electrons. The maximum absolute atomic E-state index is 13.1. The number of ether oxygens (including phenoxy) is 1. The van der Waals surface area contributed by atoms with Crippen molar-refractivity contribution in [3.8, 4) is 5.75 Å².